The maximum Gasteiger partial charge on any atom is 0.150 e. The smallest absolute Gasteiger partial charge is 0.150 e. The van der Waals surface area contributed by atoms with E-state index in [4.69, 9.17) is 0 Å². The Balaban J connectivity index is 2.05. The first-order chi connectivity index (χ1) is 8.50. The van der Waals surface area contributed by atoms with E-state index in [1.165, 1.54) is 23.6 Å². The van der Waals surface area contributed by atoms with Crippen LogP contribution in [0.15, 0.2) is 9.72 Å². The van der Waals surface area contributed by atoms with Gasteiger partial charge in [-0.15, -0.1) is 11.3 Å². The van der Waals surface area contributed by atoms with Gasteiger partial charge in [0.1, 0.15) is 4.34 Å². The second-order valence-corrected chi connectivity index (χ2v) is 8.33. The maximum atomic E-state index is 4.60. The minimum Gasteiger partial charge on any atom is -0.313 e. The summed E-state index contributed by atoms with van der Waals surface area (Å²) in [6.45, 7) is 10.1. The van der Waals surface area contributed by atoms with Crippen molar-refractivity contribution in [3.63, 3.8) is 0 Å². The first-order valence-corrected chi connectivity index (χ1v) is 8.58. The molecule has 1 heterocycles. The maximum absolute atomic E-state index is 4.60. The van der Waals surface area contributed by atoms with Gasteiger partial charge in [0.05, 0.1) is 0 Å². The van der Waals surface area contributed by atoms with E-state index >= 15 is 0 Å². The molecular formula is C14H24N2S2. The van der Waals surface area contributed by atoms with Gasteiger partial charge >= 0.3 is 0 Å². The number of rotatable bonds is 4. The Labute approximate surface area is 119 Å². The van der Waals surface area contributed by atoms with Crippen LogP contribution in [0.3, 0.4) is 0 Å². The van der Waals surface area contributed by atoms with Gasteiger partial charge in [0.25, 0.3) is 0 Å². The van der Waals surface area contributed by atoms with Gasteiger partial charge in [-0.2, -0.15) is 0 Å². The molecule has 1 N–H and O–H groups in total. The minimum absolute atomic E-state index is 0.482. The molecule has 1 fully saturated rings. The number of hydrogen-bond acceptors (Lipinski definition) is 4. The van der Waals surface area contributed by atoms with Crippen molar-refractivity contribution in [2.45, 2.75) is 62.6 Å². The predicted molar refractivity (Wildman–Crippen MR) is 81.6 cm³/mol. The topological polar surface area (TPSA) is 24.9 Å². The van der Waals surface area contributed by atoms with E-state index in [-0.39, 0.29) is 0 Å². The molecule has 18 heavy (non-hydrogen) atoms. The summed E-state index contributed by atoms with van der Waals surface area (Å²) in [5.41, 5.74) is 1.63. The summed E-state index contributed by atoms with van der Waals surface area (Å²) in [4.78, 5) is 4.60. The molecule has 4 heteroatoms. The fourth-order valence-corrected chi connectivity index (χ4v) is 5.30. The van der Waals surface area contributed by atoms with Gasteiger partial charge < -0.3 is 5.32 Å². The van der Waals surface area contributed by atoms with E-state index in [0.29, 0.717) is 16.7 Å². The molecule has 0 radical (unpaired) electrons. The Kier molecular flexibility index (Phi) is 4.73. The molecule has 2 rings (SSSR count). The van der Waals surface area contributed by atoms with Crippen LogP contribution in [-0.4, -0.2) is 22.8 Å². The van der Waals surface area contributed by atoms with Crippen LogP contribution in [0.25, 0.3) is 0 Å². The highest BCUT2D eigenvalue weighted by atomic mass is 32.2. The molecule has 2 unspecified atom stereocenters. The third-order valence-electron chi connectivity index (χ3n) is 3.65. The minimum atomic E-state index is 0.482. The average molecular weight is 284 g/mol. The molecular weight excluding hydrogens is 260 g/mol. The van der Waals surface area contributed by atoms with Crippen LogP contribution in [0.4, 0.5) is 0 Å². The Morgan fingerprint density at radius 3 is 2.94 bits per heavy atom. The van der Waals surface area contributed by atoms with Crippen molar-refractivity contribution in [2.75, 3.05) is 6.54 Å². The number of aryl methyl sites for hydroxylation is 1. The lowest BCUT2D eigenvalue weighted by molar-refractivity contribution is 0.215. The summed E-state index contributed by atoms with van der Waals surface area (Å²) < 4.78 is 1.23. The van der Waals surface area contributed by atoms with E-state index in [1.54, 1.807) is 11.3 Å². The van der Waals surface area contributed by atoms with Crippen molar-refractivity contribution in [3.8, 4) is 0 Å². The summed E-state index contributed by atoms with van der Waals surface area (Å²) in [6.07, 6.45) is 3.91. The monoisotopic (exact) mass is 284 g/mol. The zero-order valence-corrected chi connectivity index (χ0v) is 13.5. The highest BCUT2D eigenvalue weighted by Gasteiger charge is 2.35. The number of hydrogen-bond donors (Lipinski definition) is 1. The van der Waals surface area contributed by atoms with Gasteiger partial charge in [-0.25, -0.2) is 4.98 Å². The van der Waals surface area contributed by atoms with Crippen molar-refractivity contribution in [1.82, 2.24) is 10.3 Å². The summed E-state index contributed by atoms with van der Waals surface area (Å²) in [6, 6.07) is 0.650. The standard InChI is InChI=1S/C14H24N2S2/c1-5-15-11-6-7-14(3,4)8-12(11)18-13-16-10(2)9-17-13/h9,11-12,15H,5-8H2,1-4H3. The SMILES string of the molecule is CCNC1CCC(C)(C)CC1Sc1nc(C)cs1. The number of nitrogens with one attached hydrogen (secondary N) is 1. The van der Waals surface area contributed by atoms with Gasteiger partial charge in [-0.3, -0.25) is 0 Å². The van der Waals surface area contributed by atoms with Crippen LogP contribution in [0.1, 0.15) is 45.7 Å². The van der Waals surface area contributed by atoms with Gasteiger partial charge in [-0.05, 0) is 38.1 Å². The molecule has 1 saturated carbocycles. The molecule has 1 aliphatic rings. The van der Waals surface area contributed by atoms with E-state index in [9.17, 15) is 0 Å². The van der Waals surface area contributed by atoms with Gasteiger partial charge in [0.2, 0.25) is 0 Å². The zero-order valence-electron chi connectivity index (χ0n) is 11.8. The molecule has 2 atom stereocenters. The van der Waals surface area contributed by atoms with Crippen molar-refractivity contribution < 1.29 is 0 Å². The Hall–Kier alpha value is -0.0600. The molecule has 1 aromatic rings. The largest absolute Gasteiger partial charge is 0.313 e. The lowest BCUT2D eigenvalue weighted by atomic mass is 9.75. The van der Waals surface area contributed by atoms with Crippen LogP contribution >= 0.6 is 23.1 Å². The Morgan fingerprint density at radius 2 is 2.33 bits per heavy atom. The summed E-state index contributed by atoms with van der Waals surface area (Å²) in [5.74, 6) is 0. The predicted octanol–water partition coefficient (Wildman–Crippen LogP) is 4.10. The van der Waals surface area contributed by atoms with E-state index in [0.717, 1.165) is 12.2 Å². The molecule has 1 aromatic heterocycles. The lowest BCUT2D eigenvalue weighted by Crippen LogP contribution is -2.44. The number of thiazole rings is 1. The van der Waals surface area contributed by atoms with Crippen molar-refractivity contribution in [2.24, 2.45) is 5.41 Å². The zero-order chi connectivity index (χ0) is 13.2. The first-order valence-electron chi connectivity index (χ1n) is 6.82. The molecule has 0 bridgehead atoms. The number of nitrogens with zero attached hydrogens (tertiary/aromatic N) is 1. The van der Waals surface area contributed by atoms with Gasteiger partial charge in [-0.1, -0.05) is 32.5 Å². The van der Waals surface area contributed by atoms with Crippen molar-refractivity contribution in [3.05, 3.63) is 11.1 Å². The summed E-state index contributed by atoms with van der Waals surface area (Å²) >= 11 is 3.77. The highest BCUT2D eigenvalue weighted by Crippen LogP contribution is 2.43. The van der Waals surface area contributed by atoms with Crippen LogP contribution in [0.2, 0.25) is 0 Å². The van der Waals surface area contributed by atoms with Crippen LogP contribution < -0.4 is 5.32 Å². The number of thioether (sulfide) groups is 1. The molecule has 0 aromatic carbocycles. The molecule has 0 saturated heterocycles. The normalized spacial score (nSPS) is 27.3. The van der Waals surface area contributed by atoms with E-state index < -0.39 is 0 Å². The van der Waals surface area contributed by atoms with Crippen LogP contribution in [0, 0.1) is 12.3 Å². The van der Waals surface area contributed by atoms with E-state index in [2.05, 4.69) is 43.4 Å². The third-order valence-corrected chi connectivity index (χ3v) is 6.07. The first kappa shape index (κ1) is 14.4. The second-order valence-electron chi connectivity index (χ2n) is 5.98. The van der Waals surface area contributed by atoms with Gasteiger partial charge in [0.15, 0.2) is 0 Å². The highest BCUT2D eigenvalue weighted by molar-refractivity contribution is 8.01. The van der Waals surface area contributed by atoms with Crippen molar-refractivity contribution in [1.29, 1.82) is 0 Å². The molecule has 0 amide bonds. The van der Waals surface area contributed by atoms with Crippen LogP contribution in [0.5, 0.6) is 0 Å². The van der Waals surface area contributed by atoms with Crippen molar-refractivity contribution >= 4 is 23.1 Å². The fraction of sp³-hybridized carbons (Fsp3) is 0.786. The summed E-state index contributed by atoms with van der Waals surface area (Å²) in [7, 11) is 0. The average Bonchev–Trinajstić information content (AvgIpc) is 2.68. The Morgan fingerprint density at radius 1 is 1.56 bits per heavy atom. The third kappa shape index (κ3) is 3.72. The number of aromatic nitrogens is 1. The summed E-state index contributed by atoms with van der Waals surface area (Å²) in [5, 5.41) is 6.47. The quantitative estimate of drug-likeness (QED) is 0.901. The molecule has 0 aliphatic heterocycles. The fourth-order valence-electron chi connectivity index (χ4n) is 2.66. The molecule has 2 nitrogen and oxygen atoms in total. The molecule has 1 aliphatic carbocycles. The van der Waals surface area contributed by atoms with Crippen LogP contribution in [-0.2, 0) is 0 Å². The van der Waals surface area contributed by atoms with Gasteiger partial charge in [0, 0.05) is 22.4 Å². The second kappa shape index (κ2) is 5.93. The molecule has 102 valence electrons. The molecule has 0 spiro atoms. The lowest BCUT2D eigenvalue weighted by Gasteiger charge is -2.40. The van der Waals surface area contributed by atoms with E-state index in [1.807, 2.05) is 11.8 Å². The Bertz CT molecular complexity index is 387.